The van der Waals surface area contributed by atoms with Crippen LogP contribution < -0.4 is 5.43 Å². The van der Waals surface area contributed by atoms with Crippen LogP contribution in [0.4, 0.5) is 5.82 Å². The third kappa shape index (κ3) is 4.41. The second kappa shape index (κ2) is 8.38. The van der Waals surface area contributed by atoms with Crippen LogP contribution in [0.25, 0.3) is 10.8 Å². The van der Waals surface area contributed by atoms with Crippen molar-refractivity contribution in [1.29, 1.82) is 0 Å². The zero-order chi connectivity index (χ0) is 17.5. The second-order valence-electron chi connectivity index (χ2n) is 6.34. The number of fused-ring (bicyclic) bond motifs is 1. The van der Waals surface area contributed by atoms with Gasteiger partial charge in [-0.3, -0.25) is 5.43 Å². The predicted molar refractivity (Wildman–Crippen MR) is 105 cm³/mol. The molecule has 0 amide bonds. The highest BCUT2D eigenvalue weighted by Gasteiger charge is 2.10. The third-order valence-electron chi connectivity index (χ3n) is 4.34. The SMILES string of the molecule is CCC/C(CC(C)c1ccccc1)=N/Nc1nncc2ccccc12. The van der Waals surface area contributed by atoms with Gasteiger partial charge in [0, 0.05) is 16.5 Å². The normalized spacial score (nSPS) is 13.0. The minimum atomic E-state index is 0.437. The molecule has 0 aliphatic carbocycles. The van der Waals surface area contributed by atoms with Crippen molar-refractivity contribution in [3.63, 3.8) is 0 Å². The molecule has 3 aromatic rings. The first kappa shape index (κ1) is 17.1. The average Bonchev–Trinajstić information content (AvgIpc) is 2.67. The minimum absolute atomic E-state index is 0.437. The van der Waals surface area contributed by atoms with Crippen LogP contribution in [0.15, 0.2) is 65.9 Å². The van der Waals surface area contributed by atoms with Gasteiger partial charge < -0.3 is 0 Å². The molecule has 0 aliphatic rings. The number of nitrogens with one attached hydrogen (secondary N) is 1. The lowest BCUT2D eigenvalue weighted by Gasteiger charge is -2.14. The van der Waals surface area contributed by atoms with Crippen molar-refractivity contribution in [3.05, 3.63) is 66.4 Å². The maximum absolute atomic E-state index is 4.66. The molecule has 25 heavy (non-hydrogen) atoms. The Balaban J connectivity index is 1.78. The van der Waals surface area contributed by atoms with E-state index in [1.165, 1.54) is 5.56 Å². The van der Waals surface area contributed by atoms with E-state index >= 15 is 0 Å². The lowest BCUT2D eigenvalue weighted by atomic mass is 9.94. The van der Waals surface area contributed by atoms with Gasteiger partial charge in [0.2, 0.25) is 0 Å². The van der Waals surface area contributed by atoms with Crippen molar-refractivity contribution >= 4 is 22.3 Å². The van der Waals surface area contributed by atoms with E-state index in [1.807, 2.05) is 24.3 Å². The van der Waals surface area contributed by atoms with E-state index in [9.17, 15) is 0 Å². The third-order valence-corrected chi connectivity index (χ3v) is 4.34. The van der Waals surface area contributed by atoms with Crippen LogP contribution in [-0.2, 0) is 0 Å². The van der Waals surface area contributed by atoms with Crippen molar-refractivity contribution in [2.24, 2.45) is 5.10 Å². The Bertz CT molecular complexity index is 837. The summed E-state index contributed by atoms with van der Waals surface area (Å²) in [4.78, 5) is 0. The summed E-state index contributed by atoms with van der Waals surface area (Å²) in [5.74, 6) is 1.14. The molecule has 4 heteroatoms. The van der Waals surface area contributed by atoms with Gasteiger partial charge in [0.1, 0.15) is 0 Å². The highest BCUT2D eigenvalue weighted by atomic mass is 15.3. The number of anilines is 1. The highest BCUT2D eigenvalue weighted by Crippen LogP contribution is 2.22. The molecule has 1 heterocycles. The predicted octanol–water partition coefficient (Wildman–Crippen LogP) is 5.39. The molecule has 0 saturated heterocycles. The monoisotopic (exact) mass is 332 g/mol. The topological polar surface area (TPSA) is 50.2 Å². The summed E-state index contributed by atoms with van der Waals surface area (Å²) in [6, 6.07) is 18.7. The molecular formula is C21H24N4. The Morgan fingerprint density at radius 3 is 2.64 bits per heavy atom. The number of hydrazone groups is 1. The van der Waals surface area contributed by atoms with E-state index in [1.54, 1.807) is 6.20 Å². The smallest absolute Gasteiger partial charge is 0.176 e. The van der Waals surface area contributed by atoms with E-state index in [-0.39, 0.29) is 0 Å². The van der Waals surface area contributed by atoms with Crippen molar-refractivity contribution < 1.29 is 0 Å². The summed E-state index contributed by atoms with van der Waals surface area (Å²) in [7, 11) is 0. The summed E-state index contributed by atoms with van der Waals surface area (Å²) in [5, 5.41) is 15.0. The molecular weight excluding hydrogens is 308 g/mol. The molecule has 4 nitrogen and oxygen atoms in total. The maximum Gasteiger partial charge on any atom is 0.176 e. The quantitative estimate of drug-likeness (QED) is 0.466. The van der Waals surface area contributed by atoms with Gasteiger partial charge in [-0.2, -0.15) is 10.2 Å². The first-order valence-electron chi connectivity index (χ1n) is 8.84. The zero-order valence-electron chi connectivity index (χ0n) is 14.8. The van der Waals surface area contributed by atoms with E-state index in [2.05, 4.69) is 64.9 Å². The zero-order valence-corrected chi connectivity index (χ0v) is 14.8. The maximum atomic E-state index is 4.66. The fourth-order valence-electron chi connectivity index (χ4n) is 2.99. The van der Waals surface area contributed by atoms with Gasteiger partial charge in [0.05, 0.1) is 6.20 Å². The second-order valence-corrected chi connectivity index (χ2v) is 6.34. The molecule has 1 N–H and O–H groups in total. The van der Waals surface area contributed by atoms with Crippen molar-refractivity contribution in [3.8, 4) is 0 Å². The first-order valence-corrected chi connectivity index (χ1v) is 8.84. The van der Waals surface area contributed by atoms with Crippen LogP contribution in [0, 0.1) is 0 Å². The van der Waals surface area contributed by atoms with Crippen molar-refractivity contribution in [2.75, 3.05) is 5.43 Å². The Morgan fingerprint density at radius 2 is 1.84 bits per heavy atom. The van der Waals surface area contributed by atoms with Gasteiger partial charge in [0.25, 0.3) is 0 Å². The van der Waals surface area contributed by atoms with Gasteiger partial charge in [-0.1, -0.05) is 74.9 Å². The number of benzene rings is 2. The number of hydrogen-bond acceptors (Lipinski definition) is 4. The van der Waals surface area contributed by atoms with Gasteiger partial charge >= 0.3 is 0 Å². The fourth-order valence-corrected chi connectivity index (χ4v) is 2.99. The summed E-state index contributed by atoms with van der Waals surface area (Å²) >= 11 is 0. The lowest BCUT2D eigenvalue weighted by Crippen LogP contribution is -2.08. The van der Waals surface area contributed by atoms with Crippen molar-refractivity contribution in [2.45, 2.75) is 39.0 Å². The highest BCUT2D eigenvalue weighted by molar-refractivity contribution is 5.92. The Labute approximate surface area is 149 Å². The summed E-state index contributed by atoms with van der Waals surface area (Å²) in [6.07, 6.45) is 4.75. The van der Waals surface area contributed by atoms with Crippen LogP contribution in [0.2, 0.25) is 0 Å². The standard InChI is InChI=1S/C21H24N4/c1-3-9-19(14-16(2)17-10-5-4-6-11-17)23-25-21-20-13-8-7-12-18(20)15-22-24-21/h4-8,10-13,15-16H,3,9,14H2,1-2H3,(H,24,25)/b23-19-. The van der Waals surface area contributed by atoms with E-state index in [4.69, 9.17) is 0 Å². The van der Waals surface area contributed by atoms with Crippen LogP contribution in [0.3, 0.4) is 0 Å². The summed E-state index contributed by atoms with van der Waals surface area (Å²) in [5.41, 5.74) is 5.65. The Hall–Kier alpha value is -2.75. The van der Waals surface area contributed by atoms with E-state index < -0.39 is 0 Å². The average molecular weight is 332 g/mol. The van der Waals surface area contributed by atoms with Crippen LogP contribution in [0.1, 0.15) is 44.6 Å². The van der Waals surface area contributed by atoms with Crippen molar-refractivity contribution in [1.82, 2.24) is 10.2 Å². The minimum Gasteiger partial charge on any atom is -0.259 e. The number of rotatable bonds is 7. The van der Waals surface area contributed by atoms with Crippen LogP contribution in [-0.4, -0.2) is 15.9 Å². The van der Waals surface area contributed by atoms with Crippen LogP contribution in [0.5, 0.6) is 0 Å². The van der Waals surface area contributed by atoms with E-state index in [0.717, 1.165) is 35.7 Å². The summed E-state index contributed by atoms with van der Waals surface area (Å²) < 4.78 is 0. The van der Waals surface area contributed by atoms with E-state index in [0.29, 0.717) is 11.7 Å². The largest absolute Gasteiger partial charge is 0.259 e. The number of aromatic nitrogens is 2. The van der Waals surface area contributed by atoms with Crippen LogP contribution >= 0.6 is 0 Å². The molecule has 0 aliphatic heterocycles. The number of hydrogen-bond donors (Lipinski definition) is 1. The molecule has 1 aromatic heterocycles. The molecule has 1 unspecified atom stereocenters. The molecule has 1 atom stereocenters. The molecule has 0 bridgehead atoms. The van der Waals surface area contributed by atoms with Gasteiger partial charge in [-0.25, -0.2) is 0 Å². The Kier molecular flexibility index (Phi) is 5.73. The molecule has 2 aromatic carbocycles. The Morgan fingerprint density at radius 1 is 1.08 bits per heavy atom. The molecule has 128 valence electrons. The molecule has 0 radical (unpaired) electrons. The lowest BCUT2D eigenvalue weighted by molar-refractivity contribution is 0.783. The number of nitrogens with zero attached hydrogens (tertiary/aromatic N) is 3. The van der Waals surface area contributed by atoms with Gasteiger partial charge in [-0.15, -0.1) is 5.10 Å². The summed E-state index contributed by atoms with van der Waals surface area (Å²) in [6.45, 7) is 4.43. The van der Waals surface area contributed by atoms with Gasteiger partial charge in [-0.05, 0) is 24.3 Å². The fraction of sp³-hybridized carbons (Fsp3) is 0.286. The van der Waals surface area contributed by atoms with Gasteiger partial charge in [0.15, 0.2) is 5.82 Å². The molecule has 3 rings (SSSR count). The molecule has 0 saturated carbocycles. The first-order chi connectivity index (χ1) is 12.3. The molecule has 0 spiro atoms. The molecule has 0 fully saturated rings.